The van der Waals surface area contributed by atoms with E-state index in [4.69, 9.17) is 5.73 Å². The van der Waals surface area contributed by atoms with Crippen molar-refractivity contribution >= 4 is 0 Å². The van der Waals surface area contributed by atoms with Gasteiger partial charge < -0.3 is 5.73 Å². The average Bonchev–Trinajstić information content (AvgIpc) is 2.51. The minimum Gasteiger partial charge on any atom is -0.326 e. The molecule has 0 spiro atoms. The maximum atomic E-state index is 6.52. The van der Waals surface area contributed by atoms with Crippen molar-refractivity contribution in [2.24, 2.45) is 5.73 Å². The van der Waals surface area contributed by atoms with Gasteiger partial charge >= 0.3 is 0 Å². The molecule has 120 valence electrons. The Morgan fingerprint density at radius 2 is 1.57 bits per heavy atom. The first kappa shape index (κ1) is 18.2. The third kappa shape index (κ3) is 5.44. The molecule has 0 aliphatic carbocycles. The summed E-state index contributed by atoms with van der Waals surface area (Å²) in [4.78, 5) is 2.63. The number of unbranched alkanes of at least 4 members (excludes halogenated alkanes) is 2. The highest BCUT2D eigenvalue weighted by molar-refractivity contribution is 5.30. The van der Waals surface area contributed by atoms with Gasteiger partial charge in [-0.1, -0.05) is 57.9 Å². The molecular weight excluding hydrogens is 256 g/mol. The molecule has 2 unspecified atom stereocenters. The van der Waals surface area contributed by atoms with E-state index in [1.165, 1.54) is 36.8 Å². The van der Waals surface area contributed by atoms with E-state index in [9.17, 15) is 0 Å². The topological polar surface area (TPSA) is 29.3 Å². The summed E-state index contributed by atoms with van der Waals surface area (Å²) in [5.74, 6) is 0. The molecule has 0 saturated carbocycles. The molecule has 0 aliphatic rings. The van der Waals surface area contributed by atoms with Gasteiger partial charge in [-0.05, 0) is 50.4 Å². The Hall–Kier alpha value is -0.860. The minimum atomic E-state index is 0.208. The standard InChI is InChI=1S/C19H34N2/c1-5-8-14-21(15-9-6-2)19(18(20)7-3)17-13-11-10-12-16(17)4/h10-13,18-19H,5-9,14-15,20H2,1-4H3. The van der Waals surface area contributed by atoms with Crippen LogP contribution in [0, 0.1) is 6.92 Å². The predicted molar refractivity (Wildman–Crippen MR) is 93.6 cm³/mol. The van der Waals surface area contributed by atoms with Crippen LogP contribution in [0.2, 0.25) is 0 Å². The van der Waals surface area contributed by atoms with Crippen molar-refractivity contribution < 1.29 is 0 Å². The van der Waals surface area contributed by atoms with Gasteiger partial charge in [0.2, 0.25) is 0 Å². The molecule has 1 rings (SSSR count). The number of nitrogens with two attached hydrogens (primary N) is 1. The molecule has 2 N–H and O–H groups in total. The van der Waals surface area contributed by atoms with Crippen molar-refractivity contribution in [3.63, 3.8) is 0 Å². The SMILES string of the molecule is CCCCN(CCCC)C(c1ccccc1C)C(N)CC. The van der Waals surface area contributed by atoms with Crippen LogP contribution in [0.25, 0.3) is 0 Å². The van der Waals surface area contributed by atoms with Crippen molar-refractivity contribution in [3.8, 4) is 0 Å². The van der Waals surface area contributed by atoms with E-state index >= 15 is 0 Å². The Bertz CT molecular complexity index is 381. The van der Waals surface area contributed by atoms with E-state index in [0.717, 1.165) is 19.5 Å². The lowest BCUT2D eigenvalue weighted by molar-refractivity contribution is 0.163. The van der Waals surface area contributed by atoms with E-state index in [1.54, 1.807) is 0 Å². The maximum absolute atomic E-state index is 6.52. The summed E-state index contributed by atoms with van der Waals surface area (Å²) in [5, 5.41) is 0. The van der Waals surface area contributed by atoms with Gasteiger partial charge in [-0.15, -0.1) is 0 Å². The van der Waals surface area contributed by atoms with Crippen LogP contribution in [0.15, 0.2) is 24.3 Å². The van der Waals surface area contributed by atoms with Crippen molar-refractivity contribution in [1.29, 1.82) is 0 Å². The second-order valence-corrected chi connectivity index (χ2v) is 6.12. The molecule has 0 fully saturated rings. The fourth-order valence-corrected chi connectivity index (χ4v) is 2.95. The van der Waals surface area contributed by atoms with Gasteiger partial charge in [0.25, 0.3) is 0 Å². The first-order valence-corrected chi connectivity index (χ1v) is 8.70. The molecular formula is C19H34N2. The number of hydrogen-bond acceptors (Lipinski definition) is 2. The van der Waals surface area contributed by atoms with Crippen LogP contribution >= 0.6 is 0 Å². The Morgan fingerprint density at radius 3 is 2.05 bits per heavy atom. The molecule has 0 heterocycles. The van der Waals surface area contributed by atoms with E-state index in [-0.39, 0.29) is 6.04 Å². The third-order valence-corrected chi connectivity index (χ3v) is 4.38. The normalized spacial score (nSPS) is 14.4. The molecule has 1 aromatic rings. The second-order valence-electron chi connectivity index (χ2n) is 6.12. The highest BCUT2D eigenvalue weighted by atomic mass is 15.2. The van der Waals surface area contributed by atoms with Crippen LogP contribution in [-0.2, 0) is 0 Å². The van der Waals surface area contributed by atoms with Gasteiger partial charge in [-0.2, -0.15) is 0 Å². The lowest BCUT2D eigenvalue weighted by Gasteiger charge is -2.36. The summed E-state index contributed by atoms with van der Waals surface area (Å²) in [6, 6.07) is 9.31. The predicted octanol–water partition coefficient (Wildman–Crippen LogP) is 4.68. The largest absolute Gasteiger partial charge is 0.326 e. The van der Waals surface area contributed by atoms with Gasteiger partial charge in [0.1, 0.15) is 0 Å². The van der Waals surface area contributed by atoms with Gasteiger partial charge in [-0.3, -0.25) is 4.90 Å². The van der Waals surface area contributed by atoms with E-state index in [0.29, 0.717) is 6.04 Å². The van der Waals surface area contributed by atoms with Crippen molar-refractivity contribution in [2.45, 2.75) is 71.9 Å². The maximum Gasteiger partial charge on any atom is 0.0501 e. The summed E-state index contributed by atoms with van der Waals surface area (Å²) in [7, 11) is 0. The van der Waals surface area contributed by atoms with Crippen LogP contribution < -0.4 is 5.73 Å². The molecule has 0 aliphatic heterocycles. The Morgan fingerprint density at radius 1 is 1.00 bits per heavy atom. The van der Waals surface area contributed by atoms with Crippen LogP contribution in [-0.4, -0.2) is 24.0 Å². The molecule has 1 aromatic carbocycles. The van der Waals surface area contributed by atoms with Gasteiger partial charge in [-0.25, -0.2) is 0 Å². The van der Waals surface area contributed by atoms with E-state index in [2.05, 4.69) is 56.9 Å². The van der Waals surface area contributed by atoms with Crippen molar-refractivity contribution in [1.82, 2.24) is 4.90 Å². The van der Waals surface area contributed by atoms with Crippen LogP contribution in [0.3, 0.4) is 0 Å². The minimum absolute atomic E-state index is 0.208. The third-order valence-electron chi connectivity index (χ3n) is 4.38. The molecule has 2 atom stereocenters. The summed E-state index contributed by atoms with van der Waals surface area (Å²) >= 11 is 0. The lowest BCUT2D eigenvalue weighted by atomic mass is 9.92. The van der Waals surface area contributed by atoms with E-state index in [1.807, 2.05) is 0 Å². The number of benzene rings is 1. The summed E-state index contributed by atoms with van der Waals surface area (Å²) in [6.45, 7) is 11.3. The quantitative estimate of drug-likeness (QED) is 0.678. The Balaban J connectivity index is 3.04. The number of hydrogen-bond donors (Lipinski definition) is 1. The molecule has 0 aromatic heterocycles. The summed E-state index contributed by atoms with van der Waals surface area (Å²) in [5.41, 5.74) is 9.30. The fraction of sp³-hybridized carbons (Fsp3) is 0.684. The van der Waals surface area contributed by atoms with Gasteiger partial charge in [0.05, 0.1) is 6.04 Å². The van der Waals surface area contributed by atoms with Crippen LogP contribution in [0.1, 0.15) is 70.0 Å². The second kappa shape index (κ2) is 9.97. The zero-order valence-corrected chi connectivity index (χ0v) is 14.4. The van der Waals surface area contributed by atoms with Crippen molar-refractivity contribution in [3.05, 3.63) is 35.4 Å². The fourth-order valence-electron chi connectivity index (χ4n) is 2.95. The first-order chi connectivity index (χ1) is 10.2. The highest BCUT2D eigenvalue weighted by Crippen LogP contribution is 2.28. The lowest BCUT2D eigenvalue weighted by Crippen LogP contribution is -2.42. The molecule has 0 bridgehead atoms. The molecule has 0 amide bonds. The van der Waals surface area contributed by atoms with Gasteiger partial charge in [0.15, 0.2) is 0 Å². The molecule has 21 heavy (non-hydrogen) atoms. The summed E-state index contributed by atoms with van der Waals surface area (Å²) in [6.07, 6.45) is 6.01. The monoisotopic (exact) mass is 290 g/mol. The number of nitrogens with zero attached hydrogens (tertiary/aromatic N) is 1. The molecule has 0 saturated heterocycles. The average molecular weight is 290 g/mol. The molecule has 0 radical (unpaired) electrons. The zero-order valence-electron chi connectivity index (χ0n) is 14.4. The molecule has 2 heteroatoms. The Kier molecular flexibility index (Phi) is 8.63. The van der Waals surface area contributed by atoms with Crippen molar-refractivity contribution in [2.75, 3.05) is 13.1 Å². The number of rotatable bonds is 10. The summed E-state index contributed by atoms with van der Waals surface area (Å²) < 4.78 is 0. The van der Waals surface area contributed by atoms with E-state index < -0.39 is 0 Å². The molecule has 2 nitrogen and oxygen atoms in total. The highest BCUT2D eigenvalue weighted by Gasteiger charge is 2.26. The first-order valence-electron chi connectivity index (χ1n) is 8.70. The van der Waals surface area contributed by atoms with Crippen LogP contribution in [0.5, 0.6) is 0 Å². The zero-order chi connectivity index (χ0) is 15.7. The van der Waals surface area contributed by atoms with Crippen LogP contribution in [0.4, 0.5) is 0 Å². The Labute approximate surface area is 131 Å². The smallest absolute Gasteiger partial charge is 0.0501 e. The number of aryl methyl sites for hydroxylation is 1. The van der Waals surface area contributed by atoms with Gasteiger partial charge in [0, 0.05) is 6.04 Å².